The zero-order valence-corrected chi connectivity index (χ0v) is 10.7. The molecule has 0 spiro atoms. The van der Waals surface area contributed by atoms with Crippen molar-refractivity contribution in [1.82, 2.24) is 4.90 Å². The summed E-state index contributed by atoms with van der Waals surface area (Å²) in [4.78, 5) is 12.6. The number of hydrogen-bond donors (Lipinski definition) is 1. The van der Waals surface area contributed by atoms with E-state index in [4.69, 9.17) is 9.84 Å². The van der Waals surface area contributed by atoms with Crippen molar-refractivity contribution in [1.29, 1.82) is 0 Å². The first-order valence-electron chi connectivity index (χ1n) is 6.40. The van der Waals surface area contributed by atoms with Crippen molar-refractivity contribution in [3.63, 3.8) is 0 Å². The van der Waals surface area contributed by atoms with Gasteiger partial charge in [-0.25, -0.2) is 4.39 Å². The van der Waals surface area contributed by atoms with Crippen LogP contribution >= 0.6 is 0 Å². The molecule has 1 aliphatic heterocycles. The van der Waals surface area contributed by atoms with Crippen LogP contribution in [0.5, 0.6) is 0 Å². The Morgan fingerprint density at radius 1 is 1.47 bits per heavy atom. The minimum atomic E-state index is -0.841. The minimum absolute atomic E-state index is 0.0110. The normalized spacial score (nSPS) is 21.0. The van der Waals surface area contributed by atoms with E-state index in [0.29, 0.717) is 38.3 Å². The van der Waals surface area contributed by atoms with Crippen LogP contribution in [0.1, 0.15) is 5.56 Å². The van der Waals surface area contributed by atoms with Crippen LogP contribution in [0.2, 0.25) is 0 Å². The number of halogens is 1. The van der Waals surface area contributed by atoms with Gasteiger partial charge >= 0.3 is 5.97 Å². The number of nitrogens with zero attached hydrogens (tertiary/aromatic N) is 1. The van der Waals surface area contributed by atoms with Crippen molar-refractivity contribution in [2.24, 2.45) is 5.92 Å². The molecule has 0 bridgehead atoms. The molecule has 104 valence electrons. The summed E-state index contributed by atoms with van der Waals surface area (Å²) < 4.78 is 19.1. The molecule has 0 aliphatic carbocycles. The summed E-state index contributed by atoms with van der Waals surface area (Å²) >= 11 is 0. The van der Waals surface area contributed by atoms with E-state index in [-0.39, 0.29) is 18.3 Å². The summed E-state index contributed by atoms with van der Waals surface area (Å²) in [5.41, 5.74) is 0.660. The van der Waals surface area contributed by atoms with Gasteiger partial charge in [0.1, 0.15) is 5.82 Å². The van der Waals surface area contributed by atoms with Crippen molar-refractivity contribution in [3.8, 4) is 0 Å². The first-order chi connectivity index (χ1) is 9.15. The first kappa shape index (κ1) is 14.0. The maximum absolute atomic E-state index is 13.6. The predicted molar refractivity (Wildman–Crippen MR) is 68.5 cm³/mol. The molecule has 0 saturated carbocycles. The zero-order valence-electron chi connectivity index (χ0n) is 10.7. The third-order valence-electron chi connectivity index (χ3n) is 3.25. The van der Waals surface area contributed by atoms with Crippen LogP contribution in [0.4, 0.5) is 4.39 Å². The molecule has 1 N–H and O–H groups in total. The SMILES string of the molecule is O=C(O)CN1CCOCC(Cc2ccccc2F)C1. The number of hydrogen-bond acceptors (Lipinski definition) is 3. The Hall–Kier alpha value is -1.46. The highest BCUT2D eigenvalue weighted by Gasteiger charge is 2.21. The van der Waals surface area contributed by atoms with Crippen molar-refractivity contribution in [2.75, 3.05) is 32.8 Å². The van der Waals surface area contributed by atoms with E-state index >= 15 is 0 Å². The fourth-order valence-corrected chi connectivity index (χ4v) is 2.39. The van der Waals surface area contributed by atoms with Crippen LogP contribution < -0.4 is 0 Å². The fourth-order valence-electron chi connectivity index (χ4n) is 2.39. The van der Waals surface area contributed by atoms with E-state index in [0.717, 1.165) is 0 Å². The maximum Gasteiger partial charge on any atom is 0.317 e. The van der Waals surface area contributed by atoms with Gasteiger partial charge in [-0.2, -0.15) is 0 Å². The Bertz CT molecular complexity index is 438. The van der Waals surface area contributed by atoms with Gasteiger partial charge < -0.3 is 9.84 Å². The van der Waals surface area contributed by atoms with Gasteiger partial charge in [0.05, 0.1) is 19.8 Å². The standard InChI is InChI=1S/C14H18FNO3/c15-13-4-2-1-3-12(13)7-11-8-16(9-14(17)18)5-6-19-10-11/h1-4,11H,5-10H2,(H,17,18). The largest absolute Gasteiger partial charge is 0.480 e. The highest BCUT2D eigenvalue weighted by atomic mass is 19.1. The van der Waals surface area contributed by atoms with Gasteiger partial charge in [-0.1, -0.05) is 18.2 Å². The summed E-state index contributed by atoms with van der Waals surface area (Å²) in [6.07, 6.45) is 0.572. The first-order valence-corrected chi connectivity index (χ1v) is 6.40. The molecule has 0 aromatic heterocycles. The lowest BCUT2D eigenvalue weighted by atomic mass is 9.99. The van der Waals surface area contributed by atoms with Gasteiger partial charge in [-0.15, -0.1) is 0 Å². The van der Waals surface area contributed by atoms with E-state index in [1.807, 2.05) is 11.0 Å². The number of carboxylic acid groups (broad SMARTS) is 1. The molecule has 1 unspecified atom stereocenters. The molecule has 1 aromatic carbocycles. The van der Waals surface area contributed by atoms with Crippen molar-refractivity contribution in [3.05, 3.63) is 35.6 Å². The lowest BCUT2D eigenvalue weighted by Crippen LogP contribution is -2.35. The third kappa shape index (κ3) is 4.29. The fraction of sp³-hybridized carbons (Fsp3) is 0.500. The molecule has 1 fully saturated rings. The van der Waals surface area contributed by atoms with Crippen molar-refractivity contribution >= 4 is 5.97 Å². The number of ether oxygens (including phenoxy) is 1. The van der Waals surface area contributed by atoms with Crippen LogP contribution in [0.15, 0.2) is 24.3 Å². The van der Waals surface area contributed by atoms with Crippen molar-refractivity contribution < 1.29 is 19.0 Å². The molecule has 1 saturated heterocycles. The van der Waals surface area contributed by atoms with E-state index in [9.17, 15) is 9.18 Å². The average molecular weight is 267 g/mol. The Morgan fingerprint density at radius 3 is 3.00 bits per heavy atom. The van der Waals surface area contributed by atoms with Gasteiger partial charge in [0.2, 0.25) is 0 Å². The number of carbonyl (C=O) groups is 1. The topological polar surface area (TPSA) is 49.8 Å². The average Bonchev–Trinajstić information content (AvgIpc) is 2.57. The Balaban J connectivity index is 1.98. The molecule has 4 nitrogen and oxygen atoms in total. The van der Waals surface area contributed by atoms with Gasteiger partial charge in [-0.3, -0.25) is 9.69 Å². The van der Waals surface area contributed by atoms with E-state index in [2.05, 4.69) is 0 Å². The highest BCUT2D eigenvalue weighted by Crippen LogP contribution is 2.16. The molecule has 1 aromatic rings. The lowest BCUT2D eigenvalue weighted by molar-refractivity contribution is -0.138. The lowest BCUT2D eigenvalue weighted by Gasteiger charge is -2.21. The molecule has 1 heterocycles. The number of carboxylic acids is 1. The highest BCUT2D eigenvalue weighted by molar-refractivity contribution is 5.69. The summed E-state index contributed by atoms with van der Waals surface area (Å²) in [6, 6.07) is 6.69. The number of aliphatic carboxylic acids is 1. The van der Waals surface area contributed by atoms with Crippen LogP contribution in [0.3, 0.4) is 0 Å². The molecule has 0 amide bonds. The minimum Gasteiger partial charge on any atom is -0.480 e. The predicted octanol–water partition coefficient (Wildman–Crippen LogP) is 1.40. The Kier molecular flexibility index (Phi) is 4.87. The third-order valence-corrected chi connectivity index (χ3v) is 3.25. The van der Waals surface area contributed by atoms with Crippen LogP contribution in [0, 0.1) is 11.7 Å². The summed E-state index contributed by atoms with van der Waals surface area (Å²) in [5.74, 6) is -0.929. The summed E-state index contributed by atoms with van der Waals surface area (Å²) in [6.45, 7) is 2.32. The number of benzene rings is 1. The van der Waals surface area contributed by atoms with Crippen LogP contribution in [0.25, 0.3) is 0 Å². The maximum atomic E-state index is 13.6. The molecular formula is C14H18FNO3. The molecule has 1 atom stereocenters. The van der Waals surface area contributed by atoms with Crippen LogP contribution in [-0.4, -0.2) is 48.8 Å². The molecule has 0 radical (unpaired) electrons. The zero-order chi connectivity index (χ0) is 13.7. The molecule has 2 rings (SSSR count). The van der Waals surface area contributed by atoms with Gasteiger partial charge in [-0.05, 0) is 24.0 Å². The van der Waals surface area contributed by atoms with E-state index in [1.165, 1.54) is 6.07 Å². The van der Waals surface area contributed by atoms with Gasteiger partial charge in [0.15, 0.2) is 0 Å². The molecule has 19 heavy (non-hydrogen) atoms. The molecule has 5 heteroatoms. The quantitative estimate of drug-likeness (QED) is 0.896. The van der Waals surface area contributed by atoms with Gasteiger partial charge in [0.25, 0.3) is 0 Å². The van der Waals surface area contributed by atoms with E-state index in [1.54, 1.807) is 12.1 Å². The Morgan fingerprint density at radius 2 is 2.26 bits per heavy atom. The summed E-state index contributed by atoms with van der Waals surface area (Å²) in [5, 5.41) is 8.84. The second-order valence-electron chi connectivity index (χ2n) is 4.87. The smallest absolute Gasteiger partial charge is 0.317 e. The number of rotatable bonds is 4. The summed E-state index contributed by atoms with van der Waals surface area (Å²) in [7, 11) is 0. The van der Waals surface area contributed by atoms with Crippen LogP contribution in [-0.2, 0) is 16.0 Å². The van der Waals surface area contributed by atoms with Gasteiger partial charge in [0, 0.05) is 13.1 Å². The molecule has 1 aliphatic rings. The Labute approximate surface area is 111 Å². The second kappa shape index (κ2) is 6.63. The molecular weight excluding hydrogens is 249 g/mol. The van der Waals surface area contributed by atoms with Crippen molar-refractivity contribution in [2.45, 2.75) is 6.42 Å². The monoisotopic (exact) mass is 267 g/mol. The van der Waals surface area contributed by atoms with E-state index < -0.39 is 5.97 Å². The second-order valence-corrected chi connectivity index (χ2v) is 4.87.